The summed E-state index contributed by atoms with van der Waals surface area (Å²) in [4.78, 5) is 24.7. The maximum Gasteiger partial charge on any atom is 0.253 e. The van der Waals surface area contributed by atoms with Crippen LogP contribution in [0.4, 0.5) is 4.39 Å². The molecule has 2 N–H and O–H groups in total. The number of carbonyl (C=O) groups excluding carboxylic acids is 2. The summed E-state index contributed by atoms with van der Waals surface area (Å²) in [5.41, 5.74) is 2.91. The molecule has 1 fully saturated rings. The second-order valence-electron chi connectivity index (χ2n) is 7.57. The number of benzene rings is 2. The highest BCUT2D eigenvalue weighted by Gasteiger charge is 2.25. The lowest BCUT2D eigenvalue weighted by Gasteiger charge is -2.26. The first-order chi connectivity index (χ1) is 14.9. The Kier molecular flexibility index (Phi) is 8.29. The van der Waals surface area contributed by atoms with Gasteiger partial charge in [-0.05, 0) is 48.1 Å². The summed E-state index contributed by atoms with van der Waals surface area (Å²) >= 11 is 10.9. The van der Waals surface area contributed by atoms with Crippen molar-refractivity contribution in [1.82, 2.24) is 10.2 Å². The maximum atomic E-state index is 13.3. The van der Waals surface area contributed by atoms with Gasteiger partial charge in [-0.25, -0.2) is 4.39 Å². The molecule has 3 rings (SSSR count). The largest absolute Gasteiger partial charge is 0.386 e. The van der Waals surface area contributed by atoms with E-state index in [1.54, 1.807) is 24.3 Å². The van der Waals surface area contributed by atoms with Crippen LogP contribution in [0.15, 0.2) is 48.5 Å². The molecule has 5 nitrogen and oxygen atoms in total. The fourth-order valence-corrected chi connectivity index (χ4v) is 3.76. The van der Waals surface area contributed by atoms with Gasteiger partial charge in [-0.15, -0.1) is 0 Å². The summed E-state index contributed by atoms with van der Waals surface area (Å²) in [5.74, 6) is -0.707. The zero-order valence-corrected chi connectivity index (χ0v) is 18.5. The summed E-state index contributed by atoms with van der Waals surface area (Å²) in [6.07, 6.45) is 2.02. The standard InChI is InChI=1S/C23H25Cl2FN2O3/c24-21(25)22(30)27-19(14-26)20(29)17-8-4-15(5-9-17)16-6-10-18(11-7-16)23(31)28-12-2-1-3-13-28/h4-11,19-21,29H,1-3,12-14H2,(H,27,30)/t19-,20-/m1/s1. The molecule has 31 heavy (non-hydrogen) atoms. The monoisotopic (exact) mass is 466 g/mol. The highest BCUT2D eigenvalue weighted by atomic mass is 35.5. The van der Waals surface area contributed by atoms with E-state index in [1.165, 1.54) is 6.42 Å². The first-order valence-corrected chi connectivity index (χ1v) is 11.1. The van der Waals surface area contributed by atoms with Crippen LogP contribution >= 0.6 is 23.2 Å². The molecule has 0 radical (unpaired) electrons. The third kappa shape index (κ3) is 5.97. The molecule has 1 aliphatic rings. The van der Waals surface area contributed by atoms with Gasteiger partial charge in [-0.1, -0.05) is 59.6 Å². The molecule has 0 unspecified atom stereocenters. The Balaban J connectivity index is 1.67. The molecule has 2 amide bonds. The second-order valence-corrected chi connectivity index (χ2v) is 8.66. The molecule has 2 aromatic rings. The normalized spacial score (nSPS) is 16.1. The minimum absolute atomic E-state index is 0.0557. The number of nitrogens with one attached hydrogen (secondary N) is 1. The lowest BCUT2D eigenvalue weighted by molar-refractivity contribution is -0.121. The van der Waals surface area contributed by atoms with Crippen LogP contribution < -0.4 is 5.32 Å². The van der Waals surface area contributed by atoms with Gasteiger partial charge in [-0.2, -0.15) is 0 Å². The molecular formula is C23H25Cl2FN2O3. The summed E-state index contributed by atoms with van der Waals surface area (Å²) < 4.78 is 13.3. The van der Waals surface area contributed by atoms with Crippen LogP contribution in [0.3, 0.4) is 0 Å². The van der Waals surface area contributed by atoms with E-state index in [0.29, 0.717) is 11.1 Å². The zero-order chi connectivity index (χ0) is 22.4. The van der Waals surface area contributed by atoms with Crippen molar-refractivity contribution in [1.29, 1.82) is 0 Å². The second kappa shape index (κ2) is 10.9. The number of nitrogens with zero attached hydrogens (tertiary/aromatic N) is 1. The van der Waals surface area contributed by atoms with Crippen molar-refractivity contribution < 1.29 is 19.1 Å². The van der Waals surface area contributed by atoms with Gasteiger partial charge in [0.25, 0.3) is 11.8 Å². The Morgan fingerprint density at radius 3 is 2.03 bits per heavy atom. The summed E-state index contributed by atoms with van der Waals surface area (Å²) in [6, 6.07) is 13.2. The van der Waals surface area contributed by atoms with Gasteiger partial charge >= 0.3 is 0 Å². The van der Waals surface area contributed by atoms with E-state index in [4.69, 9.17) is 23.2 Å². The molecule has 0 saturated carbocycles. The van der Waals surface area contributed by atoms with E-state index in [0.717, 1.165) is 37.1 Å². The van der Waals surface area contributed by atoms with Crippen molar-refractivity contribution in [3.05, 3.63) is 59.7 Å². The highest BCUT2D eigenvalue weighted by Crippen LogP contribution is 2.25. The van der Waals surface area contributed by atoms with Gasteiger partial charge in [0.1, 0.15) is 12.8 Å². The number of likely N-dealkylation sites (tertiary alicyclic amines) is 1. The van der Waals surface area contributed by atoms with Crippen molar-refractivity contribution in [2.45, 2.75) is 36.2 Å². The number of hydrogen-bond donors (Lipinski definition) is 2. The number of halogens is 3. The summed E-state index contributed by atoms with van der Waals surface area (Å²) in [7, 11) is 0. The van der Waals surface area contributed by atoms with E-state index >= 15 is 0 Å². The molecule has 8 heteroatoms. The molecular weight excluding hydrogens is 442 g/mol. The summed E-state index contributed by atoms with van der Waals surface area (Å²) in [6.45, 7) is 0.643. The topological polar surface area (TPSA) is 69.6 Å². The summed E-state index contributed by atoms with van der Waals surface area (Å²) in [5, 5.41) is 12.7. The Morgan fingerprint density at radius 2 is 1.52 bits per heavy atom. The number of rotatable bonds is 7. The van der Waals surface area contributed by atoms with E-state index < -0.39 is 29.6 Å². The van der Waals surface area contributed by atoms with Crippen molar-refractivity contribution >= 4 is 35.0 Å². The lowest BCUT2D eigenvalue weighted by Crippen LogP contribution is -2.43. The van der Waals surface area contributed by atoms with Crippen molar-refractivity contribution in [2.75, 3.05) is 19.8 Å². The first kappa shape index (κ1) is 23.5. The third-order valence-corrected chi connectivity index (χ3v) is 5.83. The molecule has 1 heterocycles. The molecule has 0 spiro atoms. The Bertz CT molecular complexity index is 885. The van der Waals surface area contributed by atoms with Crippen LogP contribution in [-0.2, 0) is 4.79 Å². The SMILES string of the molecule is O=C(N[C@H](CF)[C@H](O)c1ccc(-c2ccc(C(=O)N3CCCCC3)cc2)cc1)C(Cl)Cl. The minimum Gasteiger partial charge on any atom is -0.386 e. The number of alkyl halides is 3. The van der Waals surface area contributed by atoms with E-state index in [2.05, 4.69) is 5.32 Å². The number of piperidine rings is 1. The highest BCUT2D eigenvalue weighted by molar-refractivity contribution is 6.53. The van der Waals surface area contributed by atoms with Crippen LogP contribution in [-0.4, -0.2) is 52.5 Å². The number of hydrogen-bond acceptors (Lipinski definition) is 3. The van der Waals surface area contributed by atoms with Gasteiger partial charge in [0.05, 0.1) is 6.04 Å². The van der Waals surface area contributed by atoms with E-state index in [1.807, 2.05) is 29.2 Å². The number of carbonyl (C=O) groups is 2. The minimum atomic E-state index is -1.34. The van der Waals surface area contributed by atoms with Crippen molar-refractivity contribution in [3.63, 3.8) is 0 Å². The van der Waals surface area contributed by atoms with Crippen LogP contribution in [0, 0.1) is 0 Å². The molecule has 0 aromatic heterocycles. The Labute approximate surface area is 191 Å². The molecule has 2 atom stereocenters. The van der Waals surface area contributed by atoms with Crippen LogP contribution in [0.1, 0.15) is 41.3 Å². The molecule has 166 valence electrons. The average molecular weight is 467 g/mol. The molecule has 0 aliphatic carbocycles. The fraction of sp³-hybridized carbons (Fsp3) is 0.391. The van der Waals surface area contributed by atoms with E-state index in [-0.39, 0.29) is 5.91 Å². The van der Waals surface area contributed by atoms with Crippen molar-refractivity contribution in [2.24, 2.45) is 0 Å². The average Bonchev–Trinajstić information content (AvgIpc) is 2.82. The molecule has 2 aromatic carbocycles. The zero-order valence-electron chi connectivity index (χ0n) is 16.9. The number of aliphatic hydroxyl groups excluding tert-OH is 1. The van der Waals surface area contributed by atoms with Gasteiger partial charge in [0.2, 0.25) is 0 Å². The predicted octanol–water partition coefficient (Wildman–Crippen LogP) is 4.27. The van der Waals surface area contributed by atoms with Crippen LogP contribution in [0.5, 0.6) is 0 Å². The fourth-order valence-electron chi connectivity index (χ4n) is 3.64. The predicted molar refractivity (Wildman–Crippen MR) is 120 cm³/mol. The van der Waals surface area contributed by atoms with Gasteiger partial charge in [0, 0.05) is 18.7 Å². The quantitative estimate of drug-likeness (QED) is 0.598. The number of aliphatic hydroxyl groups is 1. The van der Waals surface area contributed by atoms with Gasteiger partial charge in [0.15, 0.2) is 4.84 Å². The lowest BCUT2D eigenvalue weighted by atomic mass is 9.98. The Morgan fingerprint density at radius 1 is 0.968 bits per heavy atom. The Hall–Kier alpha value is -2.15. The molecule has 1 saturated heterocycles. The van der Waals surface area contributed by atoms with Gasteiger partial charge in [-0.3, -0.25) is 9.59 Å². The first-order valence-electron chi connectivity index (χ1n) is 10.2. The van der Waals surface area contributed by atoms with Gasteiger partial charge < -0.3 is 15.3 Å². The van der Waals surface area contributed by atoms with Crippen molar-refractivity contribution in [3.8, 4) is 11.1 Å². The maximum absolute atomic E-state index is 13.3. The van der Waals surface area contributed by atoms with Crippen LogP contribution in [0.2, 0.25) is 0 Å². The number of amides is 2. The van der Waals surface area contributed by atoms with E-state index in [9.17, 15) is 19.1 Å². The third-order valence-electron chi connectivity index (χ3n) is 5.43. The molecule has 1 aliphatic heterocycles. The smallest absolute Gasteiger partial charge is 0.253 e. The van der Waals surface area contributed by atoms with Crippen LogP contribution in [0.25, 0.3) is 11.1 Å². The molecule has 0 bridgehead atoms.